The van der Waals surface area contributed by atoms with Gasteiger partial charge in [-0.1, -0.05) is 12.1 Å². The first-order chi connectivity index (χ1) is 12.0. The van der Waals surface area contributed by atoms with E-state index in [1.165, 1.54) is 7.11 Å². The first kappa shape index (κ1) is 16.8. The molecule has 0 spiro atoms. The summed E-state index contributed by atoms with van der Waals surface area (Å²) in [5.41, 5.74) is 3.63. The molecule has 2 aromatic heterocycles. The summed E-state index contributed by atoms with van der Waals surface area (Å²) in [6.45, 7) is 6.11. The van der Waals surface area contributed by atoms with E-state index in [0.29, 0.717) is 35.0 Å². The molecular weight excluding hydrogens is 320 g/mol. The number of hydrogen-bond acceptors (Lipinski definition) is 4. The van der Waals surface area contributed by atoms with E-state index < -0.39 is 5.97 Å². The Bertz CT molecular complexity index is 968. The number of benzene rings is 1. The van der Waals surface area contributed by atoms with Crippen LogP contribution < -0.4 is 5.32 Å². The number of fused-ring (bicyclic) bond motifs is 1. The number of ether oxygens (including phenoxy) is 1. The monoisotopic (exact) mass is 340 g/mol. The molecule has 1 amide bonds. The summed E-state index contributed by atoms with van der Waals surface area (Å²) in [4.78, 5) is 32.0. The van der Waals surface area contributed by atoms with Crippen molar-refractivity contribution in [3.63, 3.8) is 0 Å². The Kier molecular flexibility index (Phi) is 4.31. The molecule has 0 aliphatic rings. The topological polar surface area (TPSA) is 89.0 Å². The van der Waals surface area contributed by atoms with Crippen LogP contribution in [-0.4, -0.2) is 33.5 Å². The smallest absolute Gasteiger partial charge is 0.339 e. The Hall–Kier alpha value is -3.09. The number of para-hydroxylation sites is 2. The van der Waals surface area contributed by atoms with E-state index in [4.69, 9.17) is 4.74 Å². The van der Waals surface area contributed by atoms with Crippen molar-refractivity contribution >= 4 is 28.9 Å². The van der Waals surface area contributed by atoms with Gasteiger partial charge in [0.15, 0.2) is 0 Å². The third-order valence-electron chi connectivity index (χ3n) is 4.25. The largest absolute Gasteiger partial charge is 0.465 e. The van der Waals surface area contributed by atoms with Gasteiger partial charge in [0.05, 0.1) is 23.7 Å². The maximum absolute atomic E-state index is 12.7. The Morgan fingerprint density at radius 2 is 2.00 bits per heavy atom. The Balaban J connectivity index is 1.97. The van der Waals surface area contributed by atoms with Gasteiger partial charge in [0.2, 0.25) is 5.95 Å². The molecule has 1 aromatic carbocycles. The first-order valence-electron chi connectivity index (χ1n) is 8.02. The van der Waals surface area contributed by atoms with Gasteiger partial charge in [-0.2, -0.15) is 0 Å². The minimum Gasteiger partial charge on any atom is -0.465 e. The number of anilines is 1. The van der Waals surface area contributed by atoms with Gasteiger partial charge in [0.1, 0.15) is 5.69 Å². The van der Waals surface area contributed by atoms with E-state index in [2.05, 4.69) is 15.3 Å². The number of aryl methyl sites for hydroxylation is 2. The molecule has 0 aliphatic carbocycles. The molecule has 3 aromatic rings. The van der Waals surface area contributed by atoms with Gasteiger partial charge in [0, 0.05) is 12.2 Å². The van der Waals surface area contributed by atoms with Crippen LogP contribution in [0.3, 0.4) is 0 Å². The van der Waals surface area contributed by atoms with Gasteiger partial charge in [-0.25, -0.2) is 9.78 Å². The van der Waals surface area contributed by atoms with E-state index in [9.17, 15) is 9.59 Å². The lowest BCUT2D eigenvalue weighted by atomic mass is 10.1. The molecule has 3 rings (SSSR count). The molecule has 2 N–H and O–H groups in total. The lowest BCUT2D eigenvalue weighted by Crippen LogP contribution is -2.17. The number of aromatic amines is 1. The molecule has 7 nitrogen and oxygen atoms in total. The van der Waals surface area contributed by atoms with Crippen molar-refractivity contribution in [2.75, 3.05) is 12.4 Å². The highest BCUT2D eigenvalue weighted by Crippen LogP contribution is 2.22. The predicted molar refractivity (Wildman–Crippen MR) is 95.0 cm³/mol. The second-order valence-corrected chi connectivity index (χ2v) is 5.74. The minimum atomic E-state index is -0.467. The van der Waals surface area contributed by atoms with Crippen molar-refractivity contribution in [2.24, 2.45) is 0 Å². The molecule has 0 saturated heterocycles. The van der Waals surface area contributed by atoms with Crippen LogP contribution in [0.25, 0.3) is 11.0 Å². The van der Waals surface area contributed by atoms with Crippen molar-refractivity contribution < 1.29 is 14.3 Å². The third kappa shape index (κ3) is 2.77. The molecule has 0 unspecified atom stereocenters. The lowest BCUT2D eigenvalue weighted by molar-refractivity contribution is 0.0599. The molecule has 25 heavy (non-hydrogen) atoms. The van der Waals surface area contributed by atoms with Gasteiger partial charge in [-0.15, -0.1) is 0 Å². The average molecular weight is 340 g/mol. The SMILES string of the molecule is CCn1c(NC(=O)c2[nH]c(C)c(C(=O)OC)c2C)nc2ccccc21. The number of carbonyl (C=O) groups is 2. The first-order valence-corrected chi connectivity index (χ1v) is 8.02. The summed E-state index contributed by atoms with van der Waals surface area (Å²) in [6, 6.07) is 7.70. The van der Waals surface area contributed by atoms with E-state index in [-0.39, 0.29) is 5.91 Å². The normalized spacial score (nSPS) is 10.9. The van der Waals surface area contributed by atoms with Gasteiger partial charge in [-0.3, -0.25) is 10.1 Å². The van der Waals surface area contributed by atoms with Crippen LogP contribution in [0.5, 0.6) is 0 Å². The molecule has 0 atom stereocenters. The van der Waals surface area contributed by atoms with E-state index in [1.807, 2.05) is 35.8 Å². The Morgan fingerprint density at radius 3 is 2.68 bits per heavy atom. The third-order valence-corrected chi connectivity index (χ3v) is 4.25. The van der Waals surface area contributed by atoms with Crippen LogP contribution in [0.15, 0.2) is 24.3 Å². The average Bonchev–Trinajstić information content (AvgIpc) is 3.10. The number of H-pyrrole nitrogens is 1. The highest BCUT2D eigenvalue weighted by molar-refractivity contribution is 6.06. The maximum Gasteiger partial charge on any atom is 0.339 e. The van der Waals surface area contributed by atoms with Crippen molar-refractivity contribution in [2.45, 2.75) is 27.3 Å². The summed E-state index contributed by atoms with van der Waals surface area (Å²) in [5.74, 6) is -0.341. The zero-order valence-electron chi connectivity index (χ0n) is 14.6. The van der Waals surface area contributed by atoms with E-state index in [0.717, 1.165) is 11.0 Å². The van der Waals surface area contributed by atoms with Crippen molar-refractivity contribution in [3.8, 4) is 0 Å². The van der Waals surface area contributed by atoms with Crippen molar-refractivity contribution in [1.29, 1.82) is 0 Å². The molecule has 0 aliphatic heterocycles. The summed E-state index contributed by atoms with van der Waals surface area (Å²) in [7, 11) is 1.32. The number of hydrogen-bond donors (Lipinski definition) is 2. The van der Waals surface area contributed by atoms with Crippen LogP contribution in [0.4, 0.5) is 5.95 Å². The summed E-state index contributed by atoms with van der Waals surface area (Å²) >= 11 is 0. The quantitative estimate of drug-likeness (QED) is 0.715. The minimum absolute atomic E-state index is 0.326. The predicted octanol–water partition coefficient (Wildman–Crippen LogP) is 3.04. The van der Waals surface area contributed by atoms with Crippen LogP contribution in [0, 0.1) is 13.8 Å². The number of esters is 1. The highest BCUT2D eigenvalue weighted by Gasteiger charge is 2.23. The van der Waals surface area contributed by atoms with Gasteiger partial charge >= 0.3 is 5.97 Å². The van der Waals surface area contributed by atoms with Crippen LogP contribution in [0.2, 0.25) is 0 Å². The maximum atomic E-state index is 12.7. The van der Waals surface area contributed by atoms with E-state index >= 15 is 0 Å². The van der Waals surface area contributed by atoms with Gasteiger partial charge in [-0.05, 0) is 38.5 Å². The number of nitrogens with zero attached hydrogens (tertiary/aromatic N) is 2. The van der Waals surface area contributed by atoms with Crippen LogP contribution in [-0.2, 0) is 11.3 Å². The molecule has 130 valence electrons. The van der Waals surface area contributed by atoms with Crippen molar-refractivity contribution in [1.82, 2.24) is 14.5 Å². The molecule has 0 saturated carbocycles. The summed E-state index contributed by atoms with van der Waals surface area (Å²) in [5, 5.41) is 2.84. The van der Waals surface area contributed by atoms with Crippen LogP contribution in [0.1, 0.15) is 39.0 Å². The zero-order chi connectivity index (χ0) is 18.1. The number of rotatable bonds is 4. The van der Waals surface area contributed by atoms with Crippen LogP contribution >= 0.6 is 0 Å². The zero-order valence-corrected chi connectivity index (χ0v) is 14.6. The van der Waals surface area contributed by atoms with Gasteiger partial charge < -0.3 is 14.3 Å². The number of amides is 1. The molecule has 0 bridgehead atoms. The molecular formula is C18H20N4O3. The number of nitrogens with one attached hydrogen (secondary N) is 2. The van der Waals surface area contributed by atoms with E-state index in [1.54, 1.807) is 13.8 Å². The molecule has 7 heteroatoms. The number of carbonyl (C=O) groups excluding carboxylic acids is 2. The molecule has 2 heterocycles. The number of imidazole rings is 1. The summed E-state index contributed by atoms with van der Waals surface area (Å²) in [6.07, 6.45) is 0. The second kappa shape index (κ2) is 6.43. The summed E-state index contributed by atoms with van der Waals surface area (Å²) < 4.78 is 6.71. The number of methoxy groups -OCH3 is 1. The Morgan fingerprint density at radius 1 is 1.28 bits per heavy atom. The second-order valence-electron chi connectivity index (χ2n) is 5.74. The fraction of sp³-hybridized carbons (Fsp3) is 0.278. The molecule has 0 radical (unpaired) electrons. The Labute approximate surface area is 145 Å². The fourth-order valence-electron chi connectivity index (χ4n) is 3.04. The van der Waals surface area contributed by atoms with Gasteiger partial charge in [0.25, 0.3) is 5.91 Å². The fourth-order valence-corrected chi connectivity index (χ4v) is 3.04. The lowest BCUT2D eigenvalue weighted by Gasteiger charge is -2.07. The standard InChI is InChI=1S/C18H20N4O3/c1-5-22-13-9-7-6-8-12(13)20-18(22)21-16(23)15-10(2)14(11(3)19-15)17(24)25-4/h6-9,19H,5H2,1-4H3,(H,20,21,23). The molecule has 0 fully saturated rings. The van der Waals surface area contributed by atoms with Crippen molar-refractivity contribution in [3.05, 3.63) is 46.8 Å². The highest BCUT2D eigenvalue weighted by atomic mass is 16.5. The number of aromatic nitrogens is 3.